The third-order valence-electron chi connectivity index (χ3n) is 2.79. The minimum absolute atomic E-state index is 0.195. The second kappa shape index (κ2) is 8.41. The van der Waals surface area contributed by atoms with Gasteiger partial charge in [0, 0.05) is 5.75 Å². The van der Waals surface area contributed by atoms with Crippen LogP contribution in [0.5, 0.6) is 0 Å². The summed E-state index contributed by atoms with van der Waals surface area (Å²) in [4.78, 5) is 12.2. The summed E-state index contributed by atoms with van der Waals surface area (Å²) in [6.45, 7) is 3.02. The first-order chi connectivity index (χ1) is 11.8. The fourth-order valence-electron chi connectivity index (χ4n) is 1.77. The Kier molecular flexibility index (Phi) is 6.51. The molecule has 0 radical (unpaired) electrons. The van der Waals surface area contributed by atoms with Crippen LogP contribution in [0.15, 0.2) is 41.3 Å². The van der Waals surface area contributed by atoms with Gasteiger partial charge >= 0.3 is 0 Å². The van der Waals surface area contributed by atoms with Crippen molar-refractivity contribution in [2.75, 3.05) is 28.2 Å². The van der Waals surface area contributed by atoms with Crippen molar-refractivity contribution in [1.29, 1.82) is 0 Å². The maximum atomic E-state index is 13.9. The number of nitrogens with one attached hydrogen (secondary N) is 1. The molecule has 0 bridgehead atoms. The van der Waals surface area contributed by atoms with Crippen molar-refractivity contribution in [3.05, 3.63) is 42.7 Å². The van der Waals surface area contributed by atoms with Crippen molar-refractivity contribution < 1.29 is 17.6 Å². The predicted molar refractivity (Wildman–Crippen MR) is 98.0 cm³/mol. The number of carbonyl (C=O) groups excluding carboxylic acids is 1. The second-order valence-electron chi connectivity index (χ2n) is 4.74. The molecule has 11 heteroatoms. The maximum Gasteiger partial charge on any atom is 0.246 e. The van der Waals surface area contributed by atoms with Crippen molar-refractivity contribution in [2.45, 2.75) is 4.34 Å². The number of aromatic nitrogens is 2. The largest absolute Gasteiger partial charge is 0.299 e. The van der Waals surface area contributed by atoms with Gasteiger partial charge in [0.2, 0.25) is 21.1 Å². The first kappa shape index (κ1) is 19.3. The molecule has 0 aliphatic heterocycles. The molecule has 1 aromatic carbocycles. The normalized spacial score (nSPS) is 11.1. The molecule has 0 saturated carbocycles. The number of thioether (sulfide) groups is 1. The molecule has 25 heavy (non-hydrogen) atoms. The molecule has 1 heterocycles. The first-order valence-corrected chi connectivity index (χ1v) is 10.6. The van der Waals surface area contributed by atoms with Gasteiger partial charge in [-0.3, -0.25) is 14.4 Å². The van der Waals surface area contributed by atoms with Gasteiger partial charge in [0.05, 0.1) is 11.9 Å². The highest BCUT2D eigenvalue weighted by molar-refractivity contribution is 8.01. The number of halogens is 1. The predicted octanol–water partition coefficient (Wildman–Crippen LogP) is 2.36. The van der Waals surface area contributed by atoms with Crippen molar-refractivity contribution in [3.8, 4) is 0 Å². The number of anilines is 2. The van der Waals surface area contributed by atoms with Crippen LogP contribution in [0.3, 0.4) is 0 Å². The van der Waals surface area contributed by atoms with Crippen LogP contribution in [-0.4, -0.2) is 43.1 Å². The Balaban J connectivity index is 2.11. The zero-order valence-corrected chi connectivity index (χ0v) is 15.6. The summed E-state index contributed by atoms with van der Waals surface area (Å²) < 4.78 is 39.1. The Morgan fingerprint density at radius 3 is 2.80 bits per heavy atom. The van der Waals surface area contributed by atoms with Gasteiger partial charge in [-0.15, -0.1) is 16.8 Å². The molecule has 0 spiro atoms. The van der Waals surface area contributed by atoms with Crippen molar-refractivity contribution in [3.63, 3.8) is 0 Å². The molecule has 0 aliphatic carbocycles. The number of nitrogens with zero attached hydrogens (tertiary/aromatic N) is 3. The van der Waals surface area contributed by atoms with Crippen LogP contribution in [0.2, 0.25) is 0 Å². The summed E-state index contributed by atoms with van der Waals surface area (Å²) in [6.07, 6.45) is 2.62. The molecule has 0 unspecified atom stereocenters. The van der Waals surface area contributed by atoms with E-state index >= 15 is 0 Å². The molecule has 0 atom stereocenters. The molecule has 1 N–H and O–H groups in total. The number of hydrogen-bond donors (Lipinski definition) is 1. The van der Waals surface area contributed by atoms with Crippen LogP contribution < -0.4 is 9.62 Å². The SMILES string of the molecule is C=CCSc1nnc(NC(=O)CN(c2ccccc2F)S(C)(=O)=O)s1. The van der Waals surface area contributed by atoms with E-state index in [2.05, 4.69) is 22.1 Å². The lowest BCUT2D eigenvalue weighted by Gasteiger charge is -2.21. The van der Waals surface area contributed by atoms with Crippen LogP contribution in [0.25, 0.3) is 0 Å². The third-order valence-corrected chi connectivity index (χ3v) is 5.88. The number of rotatable bonds is 8. The van der Waals surface area contributed by atoms with Crippen molar-refractivity contribution in [1.82, 2.24) is 10.2 Å². The van der Waals surface area contributed by atoms with Crippen LogP contribution in [0, 0.1) is 5.82 Å². The quantitative estimate of drug-likeness (QED) is 0.414. The van der Waals surface area contributed by atoms with Gasteiger partial charge in [-0.1, -0.05) is 41.3 Å². The van der Waals surface area contributed by atoms with Gasteiger partial charge in [0.1, 0.15) is 12.4 Å². The number of hydrogen-bond acceptors (Lipinski definition) is 7. The van der Waals surface area contributed by atoms with Gasteiger partial charge in [0.25, 0.3) is 0 Å². The maximum absolute atomic E-state index is 13.9. The highest BCUT2D eigenvalue weighted by Gasteiger charge is 2.24. The Morgan fingerprint density at radius 1 is 1.44 bits per heavy atom. The minimum Gasteiger partial charge on any atom is -0.299 e. The van der Waals surface area contributed by atoms with Crippen molar-refractivity contribution in [2.24, 2.45) is 0 Å². The zero-order chi connectivity index (χ0) is 18.4. The highest BCUT2D eigenvalue weighted by atomic mass is 32.2. The summed E-state index contributed by atoms with van der Waals surface area (Å²) >= 11 is 2.56. The van der Waals surface area contributed by atoms with E-state index in [9.17, 15) is 17.6 Å². The molecule has 1 aromatic heterocycles. The number of benzene rings is 1. The summed E-state index contributed by atoms with van der Waals surface area (Å²) in [5, 5.41) is 10.4. The van der Waals surface area contributed by atoms with E-state index in [1.165, 1.54) is 30.0 Å². The average molecular weight is 402 g/mol. The fraction of sp³-hybridized carbons (Fsp3) is 0.214. The fourth-order valence-corrected chi connectivity index (χ4v) is 4.16. The Hall–Kier alpha value is -1.98. The standard InChI is InChI=1S/C14H15FN4O3S3/c1-3-8-23-14-18-17-13(24-14)16-12(20)9-19(25(2,21)22)11-7-5-4-6-10(11)15/h3-7H,1,8-9H2,2H3,(H,16,17,20). The van der Waals surface area contributed by atoms with Crippen LogP contribution in [0.4, 0.5) is 15.2 Å². The highest BCUT2D eigenvalue weighted by Crippen LogP contribution is 2.26. The van der Waals surface area contributed by atoms with E-state index in [0.29, 0.717) is 14.4 Å². The summed E-state index contributed by atoms with van der Waals surface area (Å²) in [5.41, 5.74) is -0.195. The van der Waals surface area contributed by atoms with Crippen LogP contribution in [-0.2, 0) is 14.8 Å². The Labute approximate surface area is 153 Å². The molecular weight excluding hydrogens is 387 g/mol. The molecule has 2 rings (SSSR count). The molecule has 1 amide bonds. The van der Waals surface area contributed by atoms with Gasteiger partial charge in [-0.25, -0.2) is 12.8 Å². The smallest absolute Gasteiger partial charge is 0.246 e. The molecular formula is C14H15FN4O3S3. The first-order valence-electron chi connectivity index (χ1n) is 6.90. The lowest BCUT2D eigenvalue weighted by Crippen LogP contribution is -2.38. The average Bonchev–Trinajstić information content (AvgIpc) is 2.98. The van der Waals surface area contributed by atoms with Gasteiger partial charge in [-0.2, -0.15) is 0 Å². The number of carbonyl (C=O) groups is 1. The monoisotopic (exact) mass is 402 g/mol. The Morgan fingerprint density at radius 2 is 2.16 bits per heavy atom. The van der Waals surface area contributed by atoms with Gasteiger partial charge < -0.3 is 0 Å². The minimum atomic E-state index is -3.85. The van der Waals surface area contributed by atoms with E-state index in [-0.39, 0.29) is 10.8 Å². The van der Waals surface area contributed by atoms with E-state index in [0.717, 1.165) is 23.7 Å². The number of para-hydroxylation sites is 1. The summed E-state index contributed by atoms with van der Waals surface area (Å²) in [6, 6.07) is 5.34. The topological polar surface area (TPSA) is 92.3 Å². The lowest BCUT2D eigenvalue weighted by molar-refractivity contribution is -0.114. The summed E-state index contributed by atoms with van der Waals surface area (Å²) in [5.74, 6) is -0.734. The molecule has 134 valence electrons. The molecule has 0 fully saturated rings. The molecule has 0 saturated heterocycles. The molecule has 7 nitrogen and oxygen atoms in total. The second-order valence-corrected chi connectivity index (χ2v) is 8.89. The number of sulfonamides is 1. The Bertz CT molecular complexity index is 870. The third kappa shape index (κ3) is 5.51. The van der Waals surface area contributed by atoms with Gasteiger partial charge in [-0.05, 0) is 12.1 Å². The van der Waals surface area contributed by atoms with E-state index < -0.39 is 28.3 Å². The number of amides is 1. The van der Waals surface area contributed by atoms with E-state index in [1.807, 2.05) is 0 Å². The molecule has 2 aromatic rings. The zero-order valence-electron chi connectivity index (χ0n) is 13.2. The van der Waals surface area contributed by atoms with E-state index in [1.54, 1.807) is 6.08 Å². The van der Waals surface area contributed by atoms with Gasteiger partial charge in [0.15, 0.2) is 4.34 Å². The summed E-state index contributed by atoms with van der Waals surface area (Å²) in [7, 11) is -3.85. The van der Waals surface area contributed by atoms with Crippen molar-refractivity contribution >= 4 is 49.8 Å². The van der Waals surface area contributed by atoms with Crippen LogP contribution >= 0.6 is 23.1 Å². The van der Waals surface area contributed by atoms with Crippen LogP contribution in [0.1, 0.15) is 0 Å². The molecule has 0 aliphatic rings. The lowest BCUT2D eigenvalue weighted by atomic mass is 10.3. The van der Waals surface area contributed by atoms with E-state index in [4.69, 9.17) is 0 Å².